The van der Waals surface area contributed by atoms with Crippen molar-refractivity contribution in [2.24, 2.45) is 0 Å². The number of rotatable bonds is 4. The van der Waals surface area contributed by atoms with Gasteiger partial charge in [0.15, 0.2) is 20.8 Å². The third kappa shape index (κ3) is 4.00. The molecule has 0 spiro atoms. The fourth-order valence-corrected chi connectivity index (χ4v) is 7.06. The summed E-state index contributed by atoms with van der Waals surface area (Å²) >= 11 is 1.52. The molecule has 0 aliphatic carbocycles. The van der Waals surface area contributed by atoms with Crippen LogP contribution in [-0.2, 0) is 9.84 Å². The molecule has 3 aromatic rings. The number of aromatic nitrogens is 3. The maximum absolute atomic E-state index is 11.9. The average Bonchev–Trinajstić information content (AvgIpc) is 3.18. The largest absolute Gasteiger partial charge is 0.270 e. The van der Waals surface area contributed by atoms with E-state index in [1.54, 1.807) is 0 Å². The molecule has 2 aromatic carbocycles. The Hall–Kier alpha value is -2.12. The van der Waals surface area contributed by atoms with E-state index in [-0.39, 0.29) is 16.8 Å². The van der Waals surface area contributed by atoms with Gasteiger partial charge < -0.3 is 0 Å². The highest BCUT2D eigenvalue weighted by Crippen LogP contribution is 2.34. The molecule has 1 unspecified atom stereocenters. The van der Waals surface area contributed by atoms with Crippen LogP contribution in [0.2, 0.25) is 0 Å². The zero-order valence-corrected chi connectivity index (χ0v) is 17.8. The Balaban J connectivity index is 1.81. The van der Waals surface area contributed by atoms with Gasteiger partial charge in [-0.15, -0.1) is 10.2 Å². The monoisotopic (exact) mass is 413 g/mol. The van der Waals surface area contributed by atoms with Gasteiger partial charge in [0.25, 0.3) is 0 Å². The molecule has 0 N–H and O–H groups in total. The van der Waals surface area contributed by atoms with E-state index < -0.39 is 9.84 Å². The third-order valence-corrected chi connectivity index (χ3v) is 8.06. The van der Waals surface area contributed by atoms with Crippen molar-refractivity contribution in [3.05, 3.63) is 59.2 Å². The molecule has 1 atom stereocenters. The second kappa shape index (κ2) is 7.37. The minimum Gasteiger partial charge on any atom is -0.270 e. The quantitative estimate of drug-likeness (QED) is 0.643. The van der Waals surface area contributed by atoms with Crippen LogP contribution in [0.15, 0.2) is 47.6 Å². The van der Waals surface area contributed by atoms with Gasteiger partial charge in [0.1, 0.15) is 0 Å². The Morgan fingerprint density at radius 2 is 1.64 bits per heavy atom. The first-order chi connectivity index (χ1) is 13.3. The van der Waals surface area contributed by atoms with Gasteiger partial charge >= 0.3 is 0 Å². The number of aryl methyl sites for hydroxylation is 3. The Morgan fingerprint density at radius 3 is 2.25 bits per heavy atom. The SMILES string of the molecule is Cc1ccc(-c2nnc(SC3CCS(=O)(=O)C3)n2-c2cc(C)cc(C)c2)cc1. The van der Waals surface area contributed by atoms with Crippen molar-refractivity contribution in [2.75, 3.05) is 11.5 Å². The highest BCUT2D eigenvalue weighted by Gasteiger charge is 2.30. The van der Waals surface area contributed by atoms with Crippen molar-refractivity contribution in [1.82, 2.24) is 14.8 Å². The second-order valence-corrected chi connectivity index (χ2v) is 11.0. The van der Waals surface area contributed by atoms with Crippen LogP contribution in [0.25, 0.3) is 17.1 Å². The van der Waals surface area contributed by atoms with Crippen molar-refractivity contribution in [3.8, 4) is 17.1 Å². The van der Waals surface area contributed by atoms with Crippen LogP contribution in [0.4, 0.5) is 0 Å². The molecule has 0 bridgehead atoms. The summed E-state index contributed by atoms with van der Waals surface area (Å²) in [6.45, 7) is 6.20. The van der Waals surface area contributed by atoms with E-state index in [1.165, 1.54) is 17.3 Å². The molecule has 146 valence electrons. The molecule has 0 saturated carbocycles. The van der Waals surface area contributed by atoms with E-state index in [2.05, 4.69) is 65.9 Å². The summed E-state index contributed by atoms with van der Waals surface area (Å²) in [5.41, 5.74) is 5.51. The van der Waals surface area contributed by atoms with Gasteiger partial charge in [0.2, 0.25) is 0 Å². The lowest BCUT2D eigenvalue weighted by atomic mass is 10.1. The molecule has 5 nitrogen and oxygen atoms in total. The first-order valence-electron chi connectivity index (χ1n) is 9.29. The summed E-state index contributed by atoms with van der Waals surface area (Å²) in [4.78, 5) is 0. The molecule has 0 amide bonds. The summed E-state index contributed by atoms with van der Waals surface area (Å²) in [5, 5.41) is 9.67. The summed E-state index contributed by atoms with van der Waals surface area (Å²) in [6, 6.07) is 14.6. The zero-order chi connectivity index (χ0) is 19.9. The van der Waals surface area contributed by atoms with Crippen LogP contribution in [-0.4, -0.2) is 39.9 Å². The smallest absolute Gasteiger partial charge is 0.196 e. The Morgan fingerprint density at radius 1 is 0.964 bits per heavy atom. The maximum atomic E-state index is 11.9. The van der Waals surface area contributed by atoms with E-state index in [4.69, 9.17) is 0 Å². The number of hydrogen-bond donors (Lipinski definition) is 0. The number of hydrogen-bond acceptors (Lipinski definition) is 5. The molecule has 1 fully saturated rings. The van der Waals surface area contributed by atoms with Crippen molar-refractivity contribution in [3.63, 3.8) is 0 Å². The van der Waals surface area contributed by atoms with Crippen LogP contribution in [0.5, 0.6) is 0 Å². The molecule has 1 saturated heterocycles. The third-order valence-electron chi connectivity index (χ3n) is 4.87. The maximum Gasteiger partial charge on any atom is 0.196 e. The van der Waals surface area contributed by atoms with E-state index in [0.29, 0.717) is 6.42 Å². The first-order valence-corrected chi connectivity index (χ1v) is 12.0. The molecule has 4 rings (SSSR count). The van der Waals surface area contributed by atoms with Crippen LogP contribution >= 0.6 is 11.8 Å². The van der Waals surface area contributed by atoms with Crippen LogP contribution in [0, 0.1) is 20.8 Å². The molecular weight excluding hydrogens is 390 g/mol. The average molecular weight is 414 g/mol. The van der Waals surface area contributed by atoms with E-state index >= 15 is 0 Å². The van der Waals surface area contributed by atoms with Gasteiger partial charge in [-0.1, -0.05) is 47.7 Å². The molecular formula is C21H23N3O2S2. The standard InChI is InChI=1S/C21H23N3O2S2/c1-14-4-6-17(7-5-14)20-22-23-21(27-19-8-9-28(25,26)13-19)24(20)18-11-15(2)10-16(3)12-18/h4-7,10-12,19H,8-9,13H2,1-3H3. The zero-order valence-electron chi connectivity index (χ0n) is 16.2. The molecule has 1 aromatic heterocycles. The minimum absolute atomic E-state index is 0.0183. The van der Waals surface area contributed by atoms with Gasteiger partial charge in [0.05, 0.1) is 17.2 Å². The van der Waals surface area contributed by atoms with Gasteiger partial charge in [-0.3, -0.25) is 4.57 Å². The second-order valence-electron chi connectivity index (χ2n) is 7.50. The van der Waals surface area contributed by atoms with Crippen molar-refractivity contribution in [2.45, 2.75) is 37.6 Å². The minimum atomic E-state index is -2.93. The molecule has 1 aliphatic rings. The number of benzene rings is 2. The van der Waals surface area contributed by atoms with Crippen LogP contribution in [0.3, 0.4) is 0 Å². The van der Waals surface area contributed by atoms with Gasteiger partial charge in [-0.05, 0) is 50.5 Å². The predicted molar refractivity (Wildman–Crippen MR) is 114 cm³/mol. The highest BCUT2D eigenvalue weighted by atomic mass is 32.2. The Kier molecular flexibility index (Phi) is 5.05. The van der Waals surface area contributed by atoms with Crippen LogP contribution in [0.1, 0.15) is 23.1 Å². The fourth-order valence-electron chi connectivity index (χ4n) is 3.55. The Bertz CT molecular complexity index is 1100. The summed E-state index contributed by atoms with van der Waals surface area (Å²) in [6.07, 6.45) is 0.659. The van der Waals surface area contributed by atoms with Gasteiger partial charge in [-0.25, -0.2) is 8.42 Å². The molecule has 0 radical (unpaired) electrons. The lowest BCUT2D eigenvalue weighted by Gasteiger charge is -2.14. The summed E-state index contributed by atoms with van der Waals surface area (Å²) in [5.74, 6) is 1.23. The summed E-state index contributed by atoms with van der Waals surface area (Å²) in [7, 11) is -2.93. The van der Waals surface area contributed by atoms with Crippen molar-refractivity contribution in [1.29, 1.82) is 0 Å². The fraction of sp³-hybridized carbons (Fsp3) is 0.333. The van der Waals surface area contributed by atoms with Crippen molar-refractivity contribution >= 4 is 21.6 Å². The molecule has 2 heterocycles. The lowest BCUT2D eigenvalue weighted by Crippen LogP contribution is -2.08. The topological polar surface area (TPSA) is 64.8 Å². The molecule has 28 heavy (non-hydrogen) atoms. The van der Waals surface area contributed by atoms with E-state index in [1.807, 2.05) is 12.1 Å². The number of nitrogens with zero attached hydrogens (tertiary/aromatic N) is 3. The first kappa shape index (κ1) is 19.2. The Labute approximate surface area is 170 Å². The van der Waals surface area contributed by atoms with Gasteiger partial charge in [-0.2, -0.15) is 0 Å². The number of sulfone groups is 1. The predicted octanol–water partition coefficient (Wildman–Crippen LogP) is 4.14. The normalized spacial score (nSPS) is 18.5. The molecule has 1 aliphatic heterocycles. The lowest BCUT2D eigenvalue weighted by molar-refractivity contribution is 0.602. The molecule has 7 heteroatoms. The number of thioether (sulfide) groups is 1. The van der Waals surface area contributed by atoms with E-state index in [9.17, 15) is 8.42 Å². The van der Waals surface area contributed by atoms with Crippen molar-refractivity contribution < 1.29 is 8.42 Å². The van der Waals surface area contributed by atoms with Gasteiger partial charge in [0, 0.05) is 10.8 Å². The summed E-state index contributed by atoms with van der Waals surface area (Å²) < 4.78 is 25.8. The van der Waals surface area contributed by atoms with E-state index in [0.717, 1.165) is 33.4 Å². The van der Waals surface area contributed by atoms with Crippen LogP contribution < -0.4 is 0 Å². The highest BCUT2D eigenvalue weighted by molar-refractivity contribution is 8.01.